The van der Waals surface area contributed by atoms with Crippen LogP contribution in [-0.4, -0.2) is 6.04 Å². The number of hydrogen-bond acceptors (Lipinski definition) is 2. The van der Waals surface area contributed by atoms with Crippen LogP contribution in [0.3, 0.4) is 0 Å². The Bertz CT molecular complexity index is 380. The van der Waals surface area contributed by atoms with Crippen LogP contribution in [0.25, 0.3) is 0 Å². The first-order valence-electron chi connectivity index (χ1n) is 5.71. The van der Waals surface area contributed by atoms with Gasteiger partial charge in [0.25, 0.3) is 0 Å². The molecule has 0 amide bonds. The van der Waals surface area contributed by atoms with Crippen molar-refractivity contribution in [3.05, 3.63) is 28.7 Å². The monoisotopic (exact) mass is 278 g/mol. The van der Waals surface area contributed by atoms with Crippen molar-refractivity contribution in [3.63, 3.8) is 0 Å². The summed E-state index contributed by atoms with van der Waals surface area (Å²) in [6, 6.07) is 10.9. The molecular weight excluding hydrogens is 264 g/mol. The Kier molecular flexibility index (Phi) is 3.84. The summed E-state index contributed by atoms with van der Waals surface area (Å²) in [5, 5.41) is 12.6. The number of nitrogens with one attached hydrogen (secondary N) is 1. The molecule has 0 heterocycles. The summed E-state index contributed by atoms with van der Waals surface area (Å²) in [6.07, 6.45) is 4.56. The van der Waals surface area contributed by atoms with E-state index in [1.165, 1.54) is 12.8 Å². The van der Waals surface area contributed by atoms with Gasteiger partial charge in [-0.3, -0.25) is 0 Å². The van der Waals surface area contributed by atoms with Gasteiger partial charge in [-0.05, 0) is 37.1 Å². The molecule has 1 fully saturated rings. The van der Waals surface area contributed by atoms with Crippen molar-refractivity contribution in [2.75, 3.05) is 5.32 Å². The third-order valence-corrected chi connectivity index (χ3v) is 3.66. The molecule has 2 unspecified atom stereocenters. The molecule has 3 heteroatoms. The summed E-state index contributed by atoms with van der Waals surface area (Å²) in [4.78, 5) is 0. The van der Waals surface area contributed by atoms with E-state index < -0.39 is 0 Å². The minimum Gasteiger partial charge on any atom is -0.381 e. The fourth-order valence-electron chi connectivity index (χ4n) is 2.22. The number of anilines is 1. The van der Waals surface area contributed by atoms with Gasteiger partial charge >= 0.3 is 0 Å². The Balaban J connectivity index is 2.02. The van der Waals surface area contributed by atoms with Crippen LogP contribution < -0.4 is 5.32 Å². The van der Waals surface area contributed by atoms with Gasteiger partial charge in [0.1, 0.15) is 0 Å². The number of nitriles is 1. The van der Waals surface area contributed by atoms with E-state index in [1.807, 2.05) is 24.3 Å². The first kappa shape index (κ1) is 11.5. The van der Waals surface area contributed by atoms with Crippen molar-refractivity contribution in [1.82, 2.24) is 0 Å². The Hall–Kier alpha value is -1.01. The normalized spacial score (nSPS) is 24.8. The van der Waals surface area contributed by atoms with Gasteiger partial charge in [-0.25, -0.2) is 0 Å². The van der Waals surface area contributed by atoms with Gasteiger partial charge in [-0.2, -0.15) is 5.26 Å². The zero-order chi connectivity index (χ0) is 11.4. The van der Waals surface area contributed by atoms with E-state index in [9.17, 15) is 0 Å². The summed E-state index contributed by atoms with van der Waals surface area (Å²) in [5.41, 5.74) is 1.11. The lowest BCUT2D eigenvalue weighted by molar-refractivity contribution is 0.389. The van der Waals surface area contributed by atoms with Crippen molar-refractivity contribution < 1.29 is 0 Å². The SMILES string of the molecule is N#CC1CCCCC1Nc1ccc(Br)cc1. The lowest BCUT2D eigenvalue weighted by Crippen LogP contribution is -2.31. The highest BCUT2D eigenvalue weighted by atomic mass is 79.9. The average Bonchev–Trinajstić information content (AvgIpc) is 2.33. The van der Waals surface area contributed by atoms with Crippen LogP contribution >= 0.6 is 15.9 Å². The third-order valence-electron chi connectivity index (χ3n) is 3.13. The first-order valence-corrected chi connectivity index (χ1v) is 6.50. The fraction of sp³-hybridized carbons (Fsp3) is 0.462. The quantitative estimate of drug-likeness (QED) is 0.889. The maximum atomic E-state index is 9.09. The fourth-order valence-corrected chi connectivity index (χ4v) is 2.48. The standard InChI is InChI=1S/C13H15BrN2/c14-11-5-7-12(8-6-11)16-13-4-2-1-3-10(13)9-15/h5-8,10,13,16H,1-4H2. The molecule has 1 aromatic rings. The molecule has 2 atom stereocenters. The highest BCUT2D eigenvalue weighted by molar-refractivity contribution is 9.10. The molecule has 84 valence electrons. The Morgan fingerprint density at radius 2 is 1.88 bits per heavy atom. The minimum absolute atomic E-state index is 0.164. The highest BCUT2D eigenvalue weighted by Gasteiger charge is 2.24. The van der Waals surface area contributed by atoms with Crippen LogP contribution in [0, 0.1) is 17.2 Å². The third kappa shape index (κ3) is 2.76. The minimum atomic E-state index is 0.164. The predicted molar refractivity (Wildman–Crippen MR) is 69.1 cm³/mol. The Morgan fingerprint density at radius 3 is 2.56 bits per heavy atom. The van der Waals surface area contributed by atoms with E-state index >= 15 is 0 Å². The van der Waals surface area contributed by atoms with Crippen LogP contribution in [0.5, 0.6) is 0 Å². The van der Waals surface area contributed by atoms with Gasteiger partial charge in [0.15, 0.2) is 0 Å². The molecule has 0 bridgehead atoms. The number of nitrogens with zero attached hydrogens (tertiary/aromatic N) is 1. The van der Waals surface area contributed by atoms with Crippen molar-refractivity contribution >= 4 is 21.6 Å². The highest BCUT2D eigenvalue weighted by Crippen LogP contribution is 2.27. The molecule has 2 nitrogen and oxygen atoms in total. The summed E-state index contributed by atoms with van der Waals surface area (Å²) >= 11 is 3.42. The predicted octanol–water partition coefficient (Wildman–Crippen LogP) is 3.94. The number of rotatable bonds is 2. The number of hydrogen-bond donors (Lipinski definition) is 1. The second-order valence-electron chi connectivity index (χ2n) is 4.28. The topological polar surface area (TPSA) is 35.8 Å². The van der Waals surface area contributed by atoms with E-state index in [0.29, 0.717) is 6.04 Å². The maximum absolute atomic E-state index is 9.09. The van der Waals surface area contributed by atoms with Crippen LogP contribution in [0.15, 0.2) is 28.7 Å². The van der Waals surface area contributed by atoms with Crippen LogP contribution in [-0.2, 0) is 0 Å². The lowest BCUT2D eigenvalue weighted by Gasteiger charge is -2.28. The van der Waals surface area contributed by atoms with Gasteiger partial charge < -0.3 is 5.32 Å². The Morgan fingerprint density at radius 1 is 1.19 bits per heavy atom. The molecule has 1 saturated carbocycles. The summed E-state index contributed by atoms with van der Waals surface area (Å²) < 4.78 is 1.08. The van der Waals surface area contributed by atoms with E-state index in [2.05, 4.69) is 27.3 Å². The van der Waals surface area contributed by atoms with Crippen LogP contribution in [0.4, 0.5) is 5.69 Å². The first-order chi connectivity index (χ1) is 7.79. The molecule has 1 aliphatic carbocycles. The smallest absolute Gasteiger partial charge is 0.0677 e. The zero-order valence-corrected chi connectivity index (χ0v) is 10.7. The molecule has 0 aliphatic heterocycles. The molecule has 0 saturated heterocycles. The average molecular weight is 279 g/mol. The van der Waals surface area contributed by atoms with Gasteiger partial charge in [-0.1, -0.05) is 28.8 Å². The number of halogens is 1. The van der Waals surface area contributed by atoms with Gasteiger partial charge in [0.2, 0.25) is 0 Å². The van der Waals surface area contributed by atoms with Crippen molar-refractivity contribution in [2.45, 2.75) is 31.7 Å². The molecular formula is C13H15BrN2. The molecule has 1 N–H and O–H groups in total. The molecule has 0 radical (unpaired) electrons. The Labute approximate surface area is 105 Å². The van der Waals surface area contributed by atoms with E-state index in [-0.39, 0.29) is 5.92 Å². The van der Waals surface area contributed by atoms with Crippen molar-refractivity contribution in [3.8, 4) is 6.07 Å². The van der Waals surface area contributed by atoms with Gasteiger partial charge in [0, 0.05) is 16.2 Å². The molecule has 0 spiro atoms. The van der Waals surface area contributed by atoms with Gasteiger partial charge in [0.05, 0.1) is 12.0 Å². The van der Waals surface area contributed by atoms with E-state index in [0.717, 1.165) is 23.0 Å². The van der Waals surface area contributed by atoms with Crippen LogP contribution in [0.2, 0.25) is 0 Å². The molecule has 0 aromatic heterocycles. The second kappa shape index (κ2) is 5.36. The van der Waals surface area contributed by atoms with Crippen molar-refractivity contribution in [1.29, 1.82) is 5.26 Å². The maximum Gasteiger partial charge on any atom is 0.0677 e. The molecule has 1 aliphatic rings. The molecule has 16 heavy (non-hydrogen) atoms. The molecule has 1 aromatic carbocycles. The van der Waals surface area contributed by atoms with Crippen LogP contribution in [0.1, 0.15) is 25.7 Å². The zero-order valence-electron chi connectivity index (χ0n) is 9.12. The largest absolute Gasteiger partial charge is 0.381 e. The lowest BCUT2D eigenvalue weighted by atomic mass is 9.85. The summed E-state index contributed by atoms with van der Waals surface area (Å²) in [6.45, 7) is 0. The second-order valence-corrected chi connectivity index (χ2v) is 5.19. The molecule has 2 rings (SSSR count). The number of benzene rings is 1. The summed E-state index contributed by atoms with van der Waals surface area (Å²) in [7, 11) is 0. The van der Waals surface area contributed by atoms with E-state index in [4.69, 9.17) is 5.26 Å². The van der Waals surface area contributed by atoms with Gasteiger partial charge in [-0.15, -0.1) is 0 Å². The van der Waals surface area contributed by atoms with E-state index in [1.54, 1.807) is 0 Å². The summed E-state index contributed by atoms with van der Waals surface area (Å²) in [5.74, 6) is 0.164. The van der Waals surface area contributed by atoms with Crippen molar-refractivity contribution in [2.24, 2.45) is 5.92 Å².